The van der Waals surface area contributed by atoms with Crippen molar-refractivity contribution in [2.45, 2.75) is 71.4 Å². The van der Waals surface area contributed by atoms with Crippen LogP contribution in [0.2, 0.25) is 0 Å². The van der Waals surface area contributed by atoms with Crippen molar-refractivity contribution in [3.8, 4) is 0 Å². The highest BCUT2D eigenvalue weighted by atomic mass is 16.5. The molecule has 1 aliphatic rings. The summed E-state index contributed by atoms with van der Waals surface area (Å²) >= 11 is 0. The van der Waals surface area contributed by atoms with Crippen LogP contribution in [0.3, 0.4) is 0 Å². The van der Waals surface area contributed by atoms with Crippen molar-refractivity contribution in [3.63, 3.8) is 0 Å². The van der Waals surface area contributed by atoms with Crippen molar-refractivity contribution < 1.29 is 9.32 Å². The van der Waals surface area contributed by atoms with Gasteiger partial charge in [-0.05, 0) is 29.4 Å². The number of carbonyl (C=O) groups excluding carboxylic acids is 1. The van der Waals surface area contributed by atoms with Crippen LogP contribution in [0, 0.1) is 0 Å². The van der Waals surface area contributed by atoms with E-state index >= 15 is 0 Å². The number of aromatic nitrogens is 2. The van der Waals surface area contributed by atoms with Crippen molar-refractivity contribution in [1.82, 2.24) is 15.0 Å². The third-order valence-electron chi connectivity index (χ3n) is 4.74. The fourth-order valence-corrected chi connectivity index (χ4v) is 3.22. The molecule has 5 nitrogen and oxygen atoms in total. The lowest BCUT2D eigenvalue weighted by Crippen LogP contribution is -2.27. The molecule has 0 bridgehead atoms. The smallest absolute Gasteiger partial charge is 0.249 e. The standard InChI is InChI=1S/C20H27N3O2/c1-5-6-17-21-19(25-22-17)16-11-12-18(24)23(16)13-14-7-9-15(10-8-14)20(2,3)4/h7-10,16H,5-6,11-13H2,1-4H3. The molecule has 1 aromatic carbocycles. The zero-order chi connectivity index (χ0) is 18.0. The number of amides is 1. The van der Waals surface area contributed by atoms with Crippen molar-refractivity contribution >= 4 is 5.91 Å². The molecule has 2 heterocycles. The lowest BCUT2D eigenvalue weighted by atomic mass is 9.87. The normalized spacial score (nSPS) is 18.2. The van der Waals surface area contributed by atoms with Crippen molar-refractivity contribution in [2.24, 2.45) is 0 Å². The minimum absolute atomic E-state index is 0.104. The summed E-state index contributed by atoms with van der Waals surface area (Å²) in [6.45, 7) is 9.27. The van der Waals surface area contributed by atoms with Crippen LogP contribution in [0.4, 0.5) is 0 Å². The van der Waals surface area contributed by atoms with Gasteiger partial charge in [0.05, 0.1) is 0 Å². The fraction of sp³-hybridized carbons (Fsp3) is 0.550. The summed E-state index contributed by atoms with van der Waals surface area (Å²) < 4.78 is 5.43. The molecule has 1 saturated heterocycles. The molecule has 1 amide bonds. The van der Waals surface area contributed by atoms with Gasteiger partial charge in [0, 0.05) is 19.4 Å². The van der Waals surface area contributed by atoms with Gasteiger partial charge in [-0.25, -0.2) is 0 Å². The second kappa shape index (κ2) is 6.98. The predicted octanol–water partition coefficient (Wildman–Crippen LogP) is 4.18. The van der Waals surface area contributed by atoms with E-state index in [-0.39, 0.29) is 17.4 Å². The van der Waals surface area contributed by atoms with E-state index in [1.807, 2.05) is 4.90 Å². The Morgan fingerprint density at radius 1 is 1.24 bits per heavy atom. The van der Waals surface area contributed by atoms with E-state index in [0.717, 1.165) is 30.7 Å². The molecular weight excluding hydrogens is 314 g/mol. The number of likely N-dealkylation sites (tertiary alicyclic amines) is 1. The van der Waals surface area contributed by atoms with Gasteiger partial charge in [-0.3, -0.25) is 4.79 Å². The Bertz CT molecular complexity index is 728. The second-order valence-electron chi connectivity index (χ2n) is 7.82. The SMILES string of the molecule is CCCc1noc(C2CCC(=O)N2Cc2ccc(C(C)(C)C)cc2)n1. The van der Waals surface area contributed by atoms with Crippen LogP contribution in [0.5, 0.6) is 0 Å². The molecule has 0 saturated carbocycles. The molecule has 1 unspecified atom stereocenters. The third kappa shape index (κ3) is 3.91. The molecule has 5 heteroatoms. The number of rotatable bonds is 5. The topological polar surface area (TPSA) is 59.2 Å². The average molecular weight is 341 g/mol. The first-order chi connectivity index (χ1) is 11.9. The van der Waals surface area contributed by atoms with Gasteiger partial charge in [0.25, 0.3) is 0 Å². The highest BCUT2D eigenvalue weighted by Crippen LogP contribution is 2.33. The average Bonchev–Trinajstić information content (AvgIpc) is 3.15. The molecule has 1 fully saturated rings. The van der Waals surface area contributed by atoms with Gasteiger partial charge in [-0.15, -0.1) is 0 Å². The summed E-state index contributed by atoms with van der Waals surface area (Å²) in [4.78, 5) is 18.7. The summed E-state index contributed by atoms with van der Waals surface area (Å²) in [6, 6.07) is 8.42. The number of hydrogen-bond donors (Lipinski definition) is 0. The van der Waals surface area contributed by atoms with Crippen molar-refractivity contribution in [3.05, 3.63) is 47.1 Å². The van der Waals surface area contributed by atoms with E-state index in [9.17, 15) is 4.79 Å². The van der Waals surface area contributed by atoms with Crippen LogP contribution in [0.15, 0.2) is 28.8 Å². The highest BCUT2D eigenvalue weighted by Gasteiger charge is 2.35. The minimum Gasteiger partial charge on any atom is -0.337 e. The fourth-order valence-electron chi connectivity index (χ4n) is 3.22. The maximum atomic E-state index is 12.4. The predicted molar refractivity (Wildman–Crippen MR) is 96.0 cm³/mol. The largest absolute Gasteiger partial charge is 0.337 e. The zero-order valence-corrected chi connectivity index (χ0v) is 15.6. The summed E-state index contributed by atoms with van der Waals surface area (Å²) in [5, 5.41) is 4.03. The summed E-state index contributed by atoms with van der Waals surface area (Å²) in [5.74, 6) is 1.45. The summed E-state index contributed by atoms with van der Waals surface area (Å²) in [5.41, 5.74) is 2.55. The number of benzene rings is 1. The molecule has 3 rings (SSSR count). The number of aryl methyl sites for hydroxylation is 1. The number of nitrogens with zero attached hydrogens (tertiary/aromatic N) is 3. The molecule has 2 aromatic rings. The maximum Gasteiger partial charge on any atom is 0.249 e. The van der Waals surface area contributed by atoms with E-state index in [0.29, 0.717) is 18.9 Å². The van der Waals surface area contributed by atoms with E-state index in [4.69, 9.17) is 4.52 Å². The minimum atomic E-state index is -0.104. The van der Waals surface area contributed by atoms with Gasteiger partial charge in [0.15, 0.2) is 5.82 Å². The van der Waals surface area contributed by atoms with Gasteiger partial charge in [-0.1, -0.05) is 57.1 Å². The number of carbonyl (C=O) groups is 1. The number of hydrogen-bond acceptors (Lipinski definition) is 4. The Kier molecular flexibility index (Phi) is 4.93. The Labute approximate surface area is 149 Å². The van der Waals surface area contributed by atoms with Gasteiger partial charge in [-0.2, -0.15) is 4.98 Å². The second-order valence-corrected chi connectivity index (χ2v) is 7.82. The van der Waals surface area contributed by atoms with Gasteiger partial charge >= 0.3 is 0 Å². The summed E-state index contributed by atoms with van der Waals surface area (Å²) in [6.07, 6.45) is 3.06. The molecule has 1 atom stereocenters. The first-order valence-corrected chi connectivity index (χ1v) is 9.10. The molecule has 1 aliphatic heterocycles. The molecule has 0 spiro atoms. The molecule has 0 aliphatic carbocycles. The third-order valence-corrected chi connectivity index (χ3v) is 4.74. The lowest BCUT2D eigenvalue weighted by Gasteiger charge is -2.23. The van der Waals surface area contributed by atoms with Crippen molar-refractivity contribution in [1.29, 1.82) is 0 Å². The highest BCUT2D eigenvalue weighted by molar-refractivity contribution is 5.78. The quantitative estimate of drug-likeness (QED) is 0.818. The molecule has 0 radical (unpaired) electrons. The van der Waals surface area contributed by atoms with Crippen LogP contribution in [-0.2, 0) is 23.2 Å². The Hall–Kier alpha value is -2.17. The molecular formula is C20H27N3O2. The van der Waals surface area contributed by atoms with Crippen LogP contribution in [0.25, 0.3) is 0 Å². The first kappa shape index (κ1) is 17.6. The van der Waals surface area contributed by atoms with E-state index in [1.54, 1.807) is 0 Å². The van der Waals surface area contributed by atoms with Gasteiger partial charge < -0.3 is 9.42 Å². The molecule has 25 heavy (non-hydrogen) atoms. The Balaban J connectivity index is 1.75. The van der Waals surface area contributed by atoms with E-state index in [2.05, 4.69) is 62.1 Å². The molecule has 1 aromatic heterocycles. The molecule has 134 valence electrons. The first-order valence-electron chi connectivity index (χ1n) is 9.10. The van der Waals surface area contributed by atoms with Crippen molar-refractivity contribution in [2.75, 3.05) is 0 Å². The van der Waals surface area contributed by atoms with Gasteiger partial charge in [0.2, 0.25) is 11.8 Å². The van der Waals surface area contributed by atoms with Crippen LogP contribution in [-0.4, -0.2) is 20.9 Å². The van der Waals surface area contributed by atoms with E-state index in [1.165, 1.54) is 5.56 Å². The Morgan fingerprint density at radius 3 is 2.60 bits per heavy atom. The van der Waals surface area contributed by atoms with Crippen LogP contribution >= 0.6 is 0 Å². The molecule has 0 N–H and O–H groups in total. The maximum absolute atomic E-state index is 12.4. The monoisotopic (exact) mass is 341 g/mol. The zero-order valence-electron chi connectivity index (χ0n) is 15.6. The van der Waals surface area contributed by atoms with E-state index < -0.39 is 0 Å². The van der Waals surface area contributed by atoms with Crippen LogP contribution in [0.1, 0.15) is 75.8 Å². The lowest BCUT2D eigenvalue weighted by molar-refractivity contribution is -0.129. The Morgan fingerprint density at radius 2 is 1.96 bits per heavy atom. The van der Waals surface area contributed by atoms with Crippen LogP contribution < -0.4 is 0 Å². The summed E-state index contributed by atoms with van der Waals surface area (Å²) in [7, 11) is 0. The van der Waals surface area contributed by atoms with Gasteiger partial charge in [0.1, 0.15) is 6.04 Å².